The average Bonchev–Trinajstić information content (AvgIpc) is 3.18. The van der Waals surface area contributed by atoms with Crippen LogP contribution in [0, 0.1) is 5.82 Å². The van der Waals surface area contributed by atoms with Crippen LogP contribution in [0.5, 0.6) is 0 Å². The number of thiophene rings is 1. The van der Waals surface area contributed by atoms with Crippen molar-refractivity contribution in [2.75, 3.05) is 6.61 Å². The lowest BCUT2D eigenvalue weighted by Gasteiger charge is -2.07. The highest BCUT2D eigenvalue weighted by Gasteiger charge is 2.20. The third-order valence-electron chi connectivity index (χ3n) is 4.69. The van der Waals surface area contributed by atoms with Gasteiger partial charge in [0.2, 0.25) is 0 Å². The molecule has 1 unspecified atom stereocenters. The van der Waals surface area contributed by atoms with Gasteiger partial charge in [-0.1, -0.05) is 42.5 Å². The summed E-state index contributed by atoms with van der Waals surface area (Å²) in [6.07, 6.45) is -1.53. The second-order valence-electron chi connectivity index (χ2n) is 6.55. The molecule has 0 spiro atoms. The van der Waals surface area contributed by atoms with Crippen molar-refractivity contribution in [1.82, 2.24) is 0 Å². The Morgan fingerprint density at radius 3 is 2.62 bits per heavy atom. The molecule has 0 bridgehead atoms. The van der Waals surface area contributed by atoms with E-state index in [9.17, 15) is 9.18 Å². The minimum atomic E-state index is -1.53. The molecule has 1 heterocycles. The number of rotatable bonds is 5. The summed E-state index contributed by atoms with van der Waals surface area (Å²) in [6, 6.07) is 20.6. The Morgan fingerprint density at radius 2 is 1.83 bits per heavy atom. The molecule has 0 aliphatic rings. The van der Waals surface area contributed by atoms with Crippen LogP contribution < -0.4 is 0 Å². The van der Waals surface area contributed by atoms with Gasteiger partial charge in [0.05, 0.1) is 12.2 Å². The van der Waals surface area contributed by atoms with Crippen LogP contribution in [-0.4, -0.2) is 12.6 Å². The van der Waals surface area contributed by atoms with Crippen LogP contribution in [0.1, 0.15) is 33.9 Å². The van der Waals surface area contributed by atoms with Crippen LogP contribution in [0.3, 0.4) is 0 Å². The molecule has 29 heavy (non-hydrogen) atoms. The van der Waals surface area contributed by atoms with E-state index in [-0.39, 0.29) is 11.5 Å². The van der Waals surface area contributed by atoms with E-state index < -0.39 is 12.0 Å². The molecule has 0 radical (unpaired) electrons. The molecule has 0 aliphatic carbocycles. The largest absolute Gasteiger partial charge is 0.462 e. The van der Waals surface area contributed by atoms with Gasteiger partial charge in [-0.25, -0.2) is 13.6 Å². The predicted octanol–water partition coefficient (Wildman–Crippen LogP) is 6.94. The molecule has 0 N–H and O–H groups in total. The van der Waals surface area contributed by atoms with E-state index in [1.807, 2.05) is 24.3 Å². The van der Waals surface area contributed by atoms with Crippen molar-refractivity contribution in [3.63, 3.8) is 0 Å². The zero-order chi connectivity index (χ0) is 20.4. The molecule has 1 atom stereocenters. The second-order valence-corrected chi connectivity index (χ2v) is 7.67. The van der Waals surface area contributed by atoms with Crippen molar-refractivity contribution in [1.29, 1.82) is 0 Å². The first-order valence-corrected chi connectivity index (χ1v) is 10.1. The Bertz CT molecular complexity index is 1180. The van der Waals surface area contributed by atoms with E-state index in [0.29, 0.717) is 17.0 Å². The zero-order valence-corrected chi connectivity index (χ0v) is 16.5. The predicted molar refractivity (Wildman–Crippen MR) is 113 cm³/mol. The molecule has 4 aromatic rings. The van der Waals surface area contributed by atoms with E-state index >= 15 is 4.39 Å². The summed E-state index contributed by atoms with van der Waals surface area (Å²) in [6.45, 7) is 2.07. The van der Waals surface area contributed by atoms with Crippen LogP contribution in [0.2, 0.25) is 0 Å². The van der Waals surface area contributed by atoms with E-state index in [0.717, 1.165) is 21.2 Å². The highest BCUT2D eigenvalue weighted by Crippen LogP contribution is 2.40. The van der Waals surface area contributed by atoms with E-state index in [2.05, 4.69) is 0 Å². The van der Waals surface area contributed by atoms with E-state index in [1.165, 1.54) is 23.5 Å². The van der Waals surface area contributed by atoms with Gasteiger partial charge in [0, 0.05) is 20.5 Å². The quantitative estimate of drug-likeness (QED) is 0.334. The van der Waals surface area contributed by atoms with Crippen molar-refractivity contribution in [2.45, 2.75) is 13.1 Å². The van der Waals surface area contributed by atoms with Crippen LogP contribution >= 0.6 is 11.3 Å². The molecule has 1 aromatic heterocycles. The minimum Gasteiger partial charge on any atom is -0.462 e. The topological polar surface area (TPSA) is 26.3 Å². The molecular formula is C24H18F2O2S. The van der Waals surface area contributed by atoms with Gasteiger partial charge in [0.15, 0.2) is 6.17 Å². The fourth-order valence-electron chi connectivity index (χ4n) is 3.32. The summed E-state index contributed by atoms with van der Waals surface area (Å²) in [5.41, 5.74) is 2.22. The van der Waals surface area contributed by atoms with Gasteiger partial charge in [0.1, 0.15) is 5.82 Å². The van der Waals surface area contributed by atoms with Gasteiger partial charge < -0.3 is 4.74 Å². The fraction of sp³-hybridized carbons (Fsp3) is 0.125. The van der Waals surface area contributed by atoms with Gasteiger partial charge in [0.25, 0.3) is 0 Å². The van der Waals surface area contributed by atoms with Crippen LogP contribution in [0.4, 0.5) is 8.78 Å². The smallest absolute Gasteiger partial charge is 0.338 e. The van der Waals surface area contributed by atoms with E-state index in [1.54, 1.807) is 43.3 Å². The zero-order valence-electron chi connectivity index (χ0n) is 15.7. The summed E-state index contributed by atoms with van der Waals surface area (Å²) < 4.78 is 35.1. The van der Waals surface area contributed by atoms with Gasteiger partial charge in [-0.05, 0) is 48.4 Å². The standard InChI is InChI=1S/C24H18F2O2S/c1-2-28-24(27)16-8-5-7-15(13-16)17-10-6-12-21-19(17)14-22(29-21)23(26)18-9-3-4-11-20(18)25/h3-14,23H,2H2,1H3. The maximum Gasteiger partial charge on any atom is 0.338 e. The number of hydrogen-bond acceptors (Lipinski definition) is 3. The Labute approximate surface area is 171 Å². The number of fused-ring (bicyclic) bond motifs is 1. The van der Waals surface area contributed by atoms with Gasteiger partial charge >= 0.3 is 5.97 Å². The third-order valence-corrected chi connectivity index (χ3v) is 5.83. The number of ether oxygens (including phenoxy) is 1. The van der Waals surface area contributed by atoms with Crippen molar-refractivity contribution >= 4 is 27.4 Å². The second kappa shape index (κ2) is 8.13. The van der Waals surface area contributed by atoms with Crippen LogP contribution in [-0.2, 0) is 4.74 Å². The molecule has 0 saturated heterocycles. The van der Waals surface area contributed by atoms with Crippen molar-refractivity contribution in [3.8, 4) is 11.1 Å². The molecule has 5 heteroatoms. The first kappa shape index (κ1) is 19.3. The monoisotopic (exact) mass is 408 g/mol. The highest BCUT2D eigenvalue weighted by atomic mass is 32.1. The molecular weight excluding hydrogens is 390 g/mol. The average molecular weight is 408 g/mol. The molecule has 2 nitrogen and oxygen atoms in total. The normalized spacial score (nSPS) is 12.1. The summed E-state index contributed by atoms with van der Waals surface area (Å²) in [5.74, 6) is -0.935. The lowest BCUT2D eigenvalue weighted by molar-refractivity contribution is 0.0526. The summed E-state index contributed by atoms with van der Waals surface area (Å²) in [5, 5.41) is 0.868. The van der Waals surface area contributed by atoms with Crippen molar-refractivity contribution < 1.29 is 18.3 Å². The first-order valence-electron chi connectivity index (χ1n) is 9.27. The Balaban J connectivity index is 1.77. The number of esters is 1. The molecule has 0 saturated carbocycles. The molecule has 3 aromatic carbocycles. The highest BCUT2D eigenvalue weighted by molar-refractivity contribution is 7.19. The maximum absolute atomic E-state index is 15.1. The van der Waals surface area contributed by atoms with E-state index in [4.69, 9.17) is 4.74 Å². The molecule has 146 valence electrons. The third kappa shape index (κ3) is 3.78. The SMILES string of the molecule is CCOC(=O)c1cccc(-c2cccc3sc(C(F)c4ccccc4F)cc23)c1. The lowest BCUT2D eigenvalue weighted by atomic mass is 9.99. The Hall–Kier alpha value is -3.05. The van der Waals surface area contributed by atoms with Crippen LogP contribution in [0.15, 0.2) is 72.8 Å². The first-order chi connectivity index (χ1) is 14.1. The molecule has 0 amide bonds. The maximum atomic E-state index is 15.1. The number of carbonyl (C=O) groups excluding carboxylic acids is 1. The Kier molecular flexibility index (Phi) is 5.41. The van der Waals surface area contributed by atoms with Gasteiger partial charge in [-0.15, -0.1) is 11.3 Å². The molecule has 0 aliphatic heterocycles. The summed E-state index contributed by atoms with van der Waals surface area (Å²) >= 11 is 1.30. The number of alkyl halides is 1. The summed E-state index contributed by atoms with van der Waals surface area (Å²) in [7, 11) is 0. The molecule has 0 fully saturated rings. The Morgan fingerprint density at radius 1 is 1.03 bits per heavy atom. The van der Waals surface area contributed by atoms with Gasteiger partial charge in [-0.2, -0.15) is 0 Å². The van der Waals surface area contributed by atoms with Gasteiger partial charge in [-0.3, -0.25) is 0 Å². The van der Waals surface area contributed by atoms with Crippen LogP contribution in [0.25, 0.3) is 21.2 Å². The number of halogens is 2. The minimum absolute atomic E-state index is 0.0323. The van der Waals surface area contributed by atoms with Crippen molar-refractivity contribution in [2.24, 2.45) is 0 Å². The summed E-state index contributed by atoms with van der Waals surface area (Å²) in [4.78, 5) is 12.5. The number of benzene rings is 3. The number of hydrogen-bond donors (Lipinski definition) is 0. The number of carbonyl (C=O) groups is 1. The lowest BCUT2D eigenvalue weighted by Crippen LogP contribution is -2.04. The van der Waals surface area contributed by atoms with Crippen molar-refractivity contribution in [3.05, 3.63) is 94.6 Å². The fourth-order valence-corrected chi connectivity index (χ4v) is 4.41. The molecule has 4 rings (SSSR count).